The standard InChI is InChI=1S/C21H11N3OS3/c22-11-12(20-23-13-5-1-3-7-15(13)27-20)19(25)17-9-10-18(26-17)21-24-14-6-2-4-8-16(14)28-21/h1-10,12H/t12-/m0/s1. The molecule has 0 aliphatic rings. The zero-order valence-corrected chi connectivity index (χ0v) is 16.8. The summed E-state index contributed by atoms with van der Waals surface area (Å²) in [6.07, 6.45) is 0. The molecule has 0 unspecified atom stereocenters. The molecule has 5 aromatic rings. The van der Waals surface area contributed by atoms with E-state index in [0.29, 0.717) is 9.88 Å². The molecule has 0 aliphatic carbocycles. The number of benzene rings is 2. The van der Waals surface area contributed by atoms with Crippen molar-refractivity contribution in [1.29, 1.82) is 5.26 Å². The molecule has 3 aromatic heterocycles. The minimum atomic E-state index is -0.890. The van der Waals surface area contributed by atoms with E-state index >= 15 is 0 Å². The van der Waals surface area contributed by atoms with Crippen LogP contribution in [0.25, 0.3) is 30.3 Å². The topological polar surface area (TPSA) is 66.6 Å². The first-order valence-electron chi connectivity index (χ1n) is 8.48. The Bertz CT molecular complexity index is 1310. The van der Waals surface area contributed by atoms with Crippen molar-refractivity contribution in [2.24, 2.45) is 0 Å². The number of rotatable bonds is 4. The lowest BCUT2D eigenvalue weighted by Crippen LogP contribution is -2.09. The van der Waals surface area contributed by atoms with Gasteiger partial charge in [-0.15, -0.1) is 34.0 Å². The number of para-hydroxylation sites is 2. The molecule has 0 N–H and O–H groups in total. The number of Topliss-reactive ketones (excluding diaryl/α,β-unsaturated/α-hetero) is 1. The predicted octanol–water partition coefficient (Wildman–Crippen LogP) is 6.12. The van der Waals surface area contributed by atoms with Crippen molar-refractivity contribution in [3.05, 3.63) is 70.5 Å². The van der Waals surface area contributed by atoms with Crippen molar-refractivity contribution in [3.8, 4) is 16.0 Å². The Morgan fingerprint density at radius 3 is 2.21 bits per heavy atom. The number of aromatic nitrogens is 2. The molecule has 2 aromatic carbocycles. The number of hydrogen-bond donors (Lipinski definition) is 0. The van der Waals surface area contributed by atoms with Gasteiger partial charge in [0.25, 0.3) is 0 Å². The lowest BCUT2D eigenvalue weighted by atomic mass is 10.1. The number of carbonyl (C=O) groups is 1. The summed E-state index contributed by atoms with van der Waals surface area (Å²) in [5, 5.41) is 11.1. The number of thiophene rings is 1. The fraction of sp³-hybridized carbons (Fsp3) is 0.0476. The van der Waals surface area contributed by atoms with Crippen LogP contribution in [0.15, 0.2) is 60.7 Å². The van der Waals surface area contributed by atoms with Gasteiger partial charge in [0.05, 0.1) is 36.3 Å². The van der Waals surface area contributed by atoms with Crippen LogP contribution >= 0.6 is 34.0 Å². The smallest absolute Gasteiger partial charge is 0.196 e. The van der Waals surface area contributed by atoms with Crippen LogP contribution in [0.5, 0.6) is 0 Å². The summed E-state index contributed by atoms with van der Waals surface area (Å²) in [4.78, 5) is 23.6. The molecule has 7 heteroatoms. The van der Waals surface area contributed by atoms with Gasteiger partial charge in [0.2, 0.25) is 0 Å². The van der Waals surface area contributed by atoms with E-state index in [-0.39, 0.29) is 5.78 Å². The zero-order chi connectivity index (χ0) is 19.1. The largest absolute Gasteiger partial charge is 0.291 e. The second-order valence-electron chi connectivity index (χ2n) is 6.10. The Kier molecular flexibility index (Phi) is 4.24. The minimum absolute atomic E-state index is 0.209. The van der Waals surface area contributed by atoms with E-state index in [1.807, 2.05) is 54.6 Å². The summed E-state index contributed by atoms with van der Waals surface area (Å²) in [6, 6.07) is 21.5. The predicted molar refractivity (Wildman–Crippen MR) is 115 cm³/mol. The van der Waals surface area contributed by atoms with Crippen LogP contribution in [-0.2, 0) is 0 Å². The maximum absolute atomic E-state index is 13.0. The fourth-order valence-corrected chi connectivity index (χ4v) is 5.95. The normalized spacial score (nSPS) is 12.2. The molecule has 0 amide bonds. The van der Waals surface area contributed by atoms with E-state index in [4.69, 9.17) is 0 Å². The second-order valence-corrected chi connectivity index (χ2v) is 9.27. The van der Waals surface area contributed by atoms with Gasteiger partial charge in [-0.25, -0.2) is 9.97 Å². The average Bonchev–Trinajstić information content (AvgIpc) is 3.44. The first-order valence-corrected chi connectivity index (χ1v) is 10.9. The Morgan fingerprint density at radius 2 is 1.54 bits per heavy atom. The molecular formula is C21H11N3OS3. The molecular weight excluding hydrogens is 406 g/mol. The molecule has 0 fully saturated rings. The van der Waals surface area contributed by atoms with Crippen molar-refractivity contribution in [3.63, 3.8) is 0 Å². The number of nitriles is 1. The number of carbonyl (C=O) groups excluding carboxylic acids is 1. The maximum atomic E-state index is 13.0. The van der Waals surface area contributed by atoms with Crippen molar-refractivity contribution >= 4 is 60.2 Å². The molecule has 0 spiro atoms. The van der Waals surface area contributed by atoms with Crippen LogP contribution < -0.4 is 0 Å². The van der Waals surface area contributed by atoms with E-state index in [2.05, 4.69) is 16.0 Å². The van der Waals surface area contributed by atoms with Gasteiger partial charge >= 0.3 is 0 Å². The Balaban J connectivity index is 1.48. The van der Waals surface area contributed by atoms with Crippen molar-refractivity contribution in [1.82, 2.24) is 9.97 Å². The first-order chi connectivity index (χ1) is 13.7. The summed E-state index contributed by atoms with van der Waals surface area (Å²) in [6.45, 7) is 0. The van der Waals surface area contributed by atoms with Crippen LogP contribution in [0.2, 0.25) is 0 Å². The molecule has 134 valence electrons. The van der Waals surface area contributed by atoms with Gasteiger partial charge in [-0.05, 0) is 36.4 Å². The molecule has 0 radical (unpaired) electrons. The highest BCUT2D eigenvalue weighted by Gasteiger charge is 2.27. The number of thiazole rings is 2. The van der Waals surface area contributed by atoms with E-state index in [9.17, 15) is 10.1 Å². The molecule has 4 nitrogen and oxygen atoms in total. The fourth-order valence-electron chi connectivity index (χ4n) is 2.94. The number of hydrogen-bond acceptors (Lipinski definition) is 7. The van der Waals surface area contributed by atoms with Gasteiger partial charge in [0.15, 0.2) is 11.7 Å². The van der Waals surface area contributed by atoms with Gasteiger partial charge in [0, 0.05) is 0 Å². The molecule has 28 heavy (non-hydrogen) atoms. The quantitative estimate of drug-likeness (QED) is 0.330. The monoisotopic (exact) mass is 417 g/mol. The van der Waals surface area contributed by atoms with Crippen LogP contribution in [0.1, 0.15) is 20.6 Å². The van der Waals surface area contributed by atoms with Crippen molar-refractivity contribution in [2.45, 2.75) is 5.92 Å². The molecule has 0 saturated carbocycles. The highest BCUT2D eigenvalue weighted by Crippen LogP contribution is 2.36. The summed E-state index contributed by atoms with van der Waals surface area (Å²) in [5.74, 6) is -1.10. The molecule has 0 bridgehead atoms. The summed E-state index contributed by atoms with van der Waals surface area (Å²) in [5.41, 5.74) is 1.77. The lowest BCUT2D eigenvalue weighted by Gasteiger charge is -2.02. The molecule has 1 atom stereocenters. The maximum Gasteiger partial charge on any atom is 0.196 e. The second kappa shape index (κ2) is 6.91. The lowest BCUT2D eigenvalue weighted by molar-refractivity contribution is 0.0983. The summed E-state index contributed by atoms with van der Waals surface area (Å²) in [7, 11) is 0. The molecule has 5 rings (SSSR count). The van der Waals surface area contributed by atoms with Gasteiger partial charge in [-0.3, -0.25) is 4.79 Å². The summed E-state index contributed by atoms with van der Waals surface area (Å²) < 4.78 is 2.09. The van der Waals surface area contributed by atoms with E-state index < -0.39 is 5.92 Å². The van der Waals surface area contributed by atoms with Gasteiger partial charge < -0.3 is 0 Å². The minimum Gasteiger partial charge on any atom is -0.291 e. The summed E-state index contributed by atoms with van der Waals surface area (Å²) >= 11 is 4.38. The van der Waals surface area contributed by atoms with Crippen LogP contribution in [0.3, 0.4) is 0 Å². The van der Waals surface area contributed by atoms with Crippen LogP contribution in [-0.4, -0.2) is 15.8 Å². The van der Waals surface area contributed by atoms with Crippen molar-refractivity contribution < 1.29 is 4.79 Å². The third kappa shape index (κ3) is 2.92. The van der Waals surface area contributed by atoms with Gasteiger partial charge in [-0.1, -0.05) is 24.3 Å². The third-order valence-electron chi connectivity index (χ3n) is 4.30. The molecule has 0 saturated heterocycles. The van der Waals surface area contributed by atoms with E-state index in [0.717, 1.165) is 30.3 Å². The number of ketones is 1. The first kappa shape index (κ1) is 17.2. The van der Waals surface area contributed by atoms with Crippen LogP contribution in [0, 0.1) is 11.3 Å². The average molecular weight is 418 g/mol. The van der Waals surface area contributed by atoms with Crippen LogP contribution in [0.4, 0.5) is 0 Å². The van der Waals surface area contributed by atoms with E-state index in [1.54, 1.807) is 17.4 Å². The van der Waals surface area contributed by atoms with Gasteiger partial charge in [0.1, 0.15) is 10.0 Å². The third-order valence-corrected chi connectivity index (χ3v) is 7.71. The SMILES string of the molecule is N#C[C@@H](C(=O)c1ccc(-c2nc3ccccc3s2)s1)c1nc2ccccc2s1. The number of nitrogens with zero attached hydrogens (tertiary/aromatic N) is 3. The zero-order valence-electron chi connectivity index (χ0n) is 14.3. The molecule has 0 aliphatic heterocycles. The Morgan fingerprint density at radius 1 is 0.857 bits per heavy atom. The highest BCUT2D eigenvalue weighted by molar-refractivity contribution is 7.26. The number of fused-ring (bicyclic) bond motifs is 2. The Labute approximate surface area is 172 Å². The molecule has 3 heterocycles. The van der Waals surface area contributed by atoms with Gasteiger partial charge in [-0.2, -0.15) is 5.26 Å². The van der Waals surface area contributed by atoms with Crippen molar-refractivity contribution in [2.75, 3.05) is 0 Å². The Hall–Kier alpha value is -2.92. The van der Waals surface area contributed by atoms with E-state index in [1.165, 1.54) is 22.7 Å². The highest BCUT2D eigenvalue weighted by atomic mass is 32.1.